The lowest BCUT2D eigenvalue weighted by atomic mass is 10.1. The molecular formula is C12H16N2O2S. The minimum Gasteiger partial charge on any atom is -0.475 e. The topological polar surface area (TPSA) is 57.4 Å². The molecule has 1 unspecified atom stereocenters. The lowest BCUT2D eigenvalue weighted by Gasteiger charge is -2.22. The Labute approximate surface area is 106 Å². The highest BCUT2D eigenvalue weighted by Gasteiger charge is 2.14. The average molecular weight is 252 g/mol. The highest BCUT2D eigenvalue weighted by molar-refractivity contribution is 7.80. The van der Waals surface area contributed by atoms with Gasteiger partial charge >= 0.3 is 0 Å². The zero-order valence-corrected chi connectivity index (χ0v) is 10.4. The van der Waals surface area contributed by atoms with Gasteiger partial charge in [0, 0.05) is 24.4 Å². The maximum absolute atomic E-state index is 5.57. The second-order valence-corrected chi connectivity index (χ2v) is 4.49. The van der Waals surface area contributed by atoms with Gasteiger partial charge in [-0.3, -0.25) is 0 Å². The van der Waals surface area contributed by atoms with Crippen LogP contribution in [0.5, 0.6) is 5.88 Å². The van der Waals surface area contributed by atoms with Crippen LogP contribution in [0, 0.1) is 0 Å². The molecule has 0 saturated carbocycles. The van der Waals surface area contributed by atoms with E-state index in [2.05, 4.69) is 4.98 Å². The van der Waals surface area contributed by atoms with Crippen molar-refractivity contribution < 1.29 is 9.47 Å². The third kappa shape index (κ3) is 3.64. The lowest BCUT2D eigenvalue weighted by molar-refractivity contribution is -0.0119. The van der Waals surface area contributed by atoms with E-state index >= 15 is 0 Å². The summed E-state index contributed by atoms with van der Waals surface area (Å²) in [6.07, 6.45) is 5.24. The number of pyridine rings is 1. The van der Waals surface area contributed by atoms with E-state index < -0.39 is 0 Å². The lowest BCUT2D eigenvalue weighted by Crippen LogP contribution is -2.26. The molecule has 0 amide bonds. The van der Waals surface area contributed by atoms with E-state index in [-0.39, 0.29) is 6.10 Å². The highest BCUT2D eigenvalue weighted by atomic mass is 32.1. The van der Waals surface area contributed by atoms with Crippen molar-refractivity contribution in [3.8, 4) is 5.88 Å². The van der Waals surface area contributed by atoms with E-state index in [4.69, 9.17) is 27.4 Å². The van der Waals surface area contributed by atoms with Gasteiger partial charge in [0.25, 0.3) is 0 Å². The van der Waals surface area contributed by atoms with Crippen LogP contribution in [0.25, 0.3) is 0 Å². The number of ether oxygens (including phenoxy) is 2. The SMILES string of the molecule is NC(=S)c1ccc(OCC2CCCCO2)nc1. The van der Waals surface area contributed by atoms with E-state index in [1.165, 1.54) is 6.42 Å². The summed E-state index contributed by atoms with van der Waals surface area (Å²) in [4.78, 5) is 4.49. The Morgan fingerprint density at radius 2 is 2.41 bits per heavy atom. The van der Waals surface area contributed by atoms with Crippen LogP contribution < -0.4 is 10.5 Å². The molecule has 0 radical (unpaired) electrons. The van der Waals surface area contributed by atoms with E-state index in [0.29, 0.717) is 17.5 Å². The van der Waals surface area contributed by atoms with Crippen LogP contribution in [0.1, 0.15) is 24.8 Å². The van der Waals surface area contributed by atoms with Crippen molar-refractivity contribution in [3.63, 3.8) is 0 Å². The fraction of sp³-hybridized carbons (Fsp3) is 0.500. The molecule has 0 aromatic carbocycles. The molecule has 92 valence electrons. The first-order chi connectivity index (χ1) is 8.25. The third-order valence-corrected chi connectivity index (χ3v) is 2.95. The number of aromatic nitrogens is 1. The molecule has 2 heterocycles. The number of nitrogens with zero attached hydrogens (tertiary/aromatic N) is 1. The third-order valence-electron chi connectivity index (χ3n) is 2.71. The second-order valence-electron chi connectivity index (χ2n) is 4.05. The highest BCUT2D eigenvalue weighted by Crippen LogP contribution is 2.14. The molecule has 5 heteroatoms. The number of thiocarbonyl (C=S) groups is 1. The van der Waals surface area contributed by atoms with Gasteiger partial charge in [-0.05, 0) is 25.3 Å². The van der Waals surface area contributed by atoms with E-state index in [0.717, 1.165) is 25.0 Å². The van der Waals surface area contributed by atoms with Crippen LogP contribution in [0.15, 0.2) is 18.3 Å². The van der Waals surface area contributed by atoms with Crippen LogP contribution in [0.3, 0.4) is 0 Å². The Balaban J connectivity index is 1.84. The molecule has 0 spiro atoms. The number of hydrogen-bond acceptors (Lipinski definition) is 4. The Bertz CT molecular complexity index is 375. The summed E-state index contributed by atoms with van der Waals surface area (Å²) in [5, 5.41) is 0. The quantitative estimate of drug-likeness (QED) is 0.826. The minimum atomic E-state index is 0.195. The fourth-order valence-electron chi connectivity index (χ4n) is 1.73. The molecular weight excluding hydrogens is 236 g/mol. The first kappa shape index (κ1) is 12.3. The molecule has 1 aliphatic heterocycles. The largest absolute Gasteiger partial charge is 0.475 e. The van der Waals surface area contributed by atoms with Crippen molar-refractivity contribution in [2.75, 3.05) is 13.2 Å². The maximum atomic E-state index is 5.57. The monoisotopic (exact) mass is 252 g/mol. The minimum absolute atomic E-state index is 0.195. The smallest absolute Gasteiger partial charge is 0.213 e. The van der Waals surface area contributed by atoms with Crippen LogP contribution in [-0.4, -0.2) is 29.3 Å². The Hall–Kier alpha value is -1.20. The van der Waals surface area contributed by atoms with Gasteiger partial charge in [-0.2, -0.15) is 0 Å². The zero-order chi connectivity index (χ0) is 12.1. The molecule has 1 saturated heterocycles. The van der Waals surface area contributed by atoms with Crippen molar-refractivity contribution in [2.24, 2.45) is 5.73 Å². The molecule has 0 aliphatic carbocycles. The van der Waals surface area contributed by atoms with Crippen molar-refractivity contribution >= 4 is 17.2 Å². The Kier molecular flexibility index (Phi) is 4.28. The maximum Gasteiger partial charge on any atom is 0.213 e. The molecule has 0 bridgehead atoms. The van der Waals surface area contributed by atoms with Gasteiger partial charge in [0.05, 0.1) is 6.10 Å². The van der Waals surface area contributed by atoms with Crippen molar-refractivity contribution in [1.29, 1.82) is 0 Å². The molecule has 1 aromatic rings. The van der Waals surface area contributed by atoms with Crippen LogP contribution in [0.2, 0.25) is 0 Å². The fourth-order valence-corrected chi connectivity index (χ4v) is 1.85. The van der Waals surface area contributed by atoms with E-state index in [9.17, 15) is 0 Å². The van der Waals surface area contributed by atoms with E-state index in [1.54, 1.807) is 12.3 Å². The number of rotatable bonds is 4. The van der Waals surface area contributed by atoms with Gasteiger partial charge in [0.15, 0.2) is 0 Å². The first-order valence-electron chi connectivity index (χ1n) is 5.76. The van der Waals surface area contributed by atoms with Gasteiger partial charge < -0.3 is 15.2 Å². The average Bonchev–Trinajstić information content (AvgIpc) is 2.38. The zero-order valence-electron chi connectivity index (χ0n) is 9.59. The summed E-state index contributed by atoms with van der Waals surface area (Å²) in [5.41, 5.74) is 6.24. The molecule has 1 aliphatic rings. The summed E-state index contributed by atoms with van der Waals surface area (Å²) < 4.78 is 11.1. The van der Waals surface area contributed by atoms with Gasteiger partial charge in [-0.15, -0.1) is 0 Å². The summed E-state index contributed by atoms with van der Waals surface area (Å²) in [6, 6.07) is 3.59. The predicted molar refractivity (Wildman–Crippen MR) is 69.2 cm³/mol. The molecule has 17 heavy (non-hydrogen) atoms. The van der Waals surface area contributed by atoms with Gasteiger partial charge in [0.2, 0.25) is 5.88 Å². The summed E-state index contributed by atoms with van der Waals surface area (Å²) >= 11 is 4.85. The molecule has 2 rings (SSSR count). The van der Waals surface area contributed by atoms with Gasteiger partial charge in [-0.1, -0.05) is 12.2 Å². The summed E-state index contributed by atoms with van der Waals surface area (Å²) in [6.45, 7) is 1.39. The molecule has 1 fully saturated rings. The standard InChI is InChI=1S/C12H16N2O2S/c13-12(17)9-4-5-11(14-7-9)16-8-10-3-1-2-6-15-10/h4-5,7,10H,1-3,6,8H2,(H2,13,17). The van der Waals surface area contributed by atoms with Gasteiger partial charge in [-0.25, -0.2) is 4.98 Å². The molecule has 1 aromatic heterocycles. The molecule has 2 N–H and O–H groups in total. The predicted octanol–water partition coefficient (Wildman–Crippen LogP) is 1.66. The molecule has 1 atom stereocenters. The van der Waals surface area contributed by atoms with Crippen molar-refractivity contribution in [1.82, 2.24) is 4.98 Å². The van der Waals surface area contributed by atoms with Crippen molar-refractivity contribution in [2.45, 2.75) is 25.4 Å². The van der Waals surface area contributed by atoms with Crippen LogP contribution in [-0.2, 0) is 4.74 Å². The molecule has 4 nitrogen and oxygen atoms in total. The number of hydrogen-bond donors (Lipinski definition) is 1. The summed E-state index contributed by atoms with van der Waals surface area (Å²) in [7, 11) is 0. The number of nitrogens with two attached hydrogens (primary N) is 1. The van der Waals surface area contributed by atoms with Crippen molar-refractivity contribution in [3.05, 3.63) is 23.9 Å². The first-order valence-corrected chi connectivity index (χ1v) is 6.17. The van der Waals surface area contributed by atoms with Gasteiger partial charge in [0.1, 0.15) is 11.6 Å². The Morgan fingerprint density at radius 1 is 1.53 bits per heavy atom. The normalized spacial score (nSPS) is 19.9. The van der Waals surface area contributed by atoms with Crippen LogP contribution >= 0.6 is 12.2 Å². The summed E-state index contributed by atoms with van der Waals surface area (Å²) in [5.74, 6) is 0.583. The second kappa shape index (κ2) is 5.93. The van der Waals surface area contributed by atoms with Crippen LogP contribution in [0.4, 0.5) is 0 Å². The Morgan fingerprint density at radius 3 is 3.00 bits per heavy atom. The van der Waals surface area contributed by atoms with E-state index in [1.807, 2.05) is 6.07 Å².